The van der Waals surface area contributed by atoms with Crippen molar-refractivity contribution >= 4 is 17.7 Å². The van der Waals surface area contributed by atoms with E-state index in [0.29, 0.717) is 13.0 Å². The summed E-state index contributed by atoms with van der Waals surface area (Å²) in [5, 5.41) is 2.67. The third-order valence-corrected chi connectivity index (χ3v) is 3.94. The van der Waals surface area contributed by atoms with Crippen LogP contribution in [-0.2, 0) is 14.9 Å². The molecule has 5 heteroatoms. The second-order valence-corrected chi connectivity index (χ2v) is 8.27. The lowest BCUT2D eigenvalue weighted by Crippen LogP contribution is -2.43. The molecule has 1 aromatic carbocycles. The number of amides is 2. The highest BCUT2D eigenvalue weighted by atomic mass is 16.6. The molecule has 24 heavy (non-hydrogen) atoms. The molecule has 132 valence electrons. The average Bonchev–Trinajstić information content (AvgIpc) is 2.77. The molecule has 1 aromatic rings. The third kappa shape index (κ3) is 4.49. The van der Waals surface area contributed by atoms with Crippen LogP contribution in [0.3, 0.4) is 0 Å². The lowest BCUT2D eigenvalue weighted by molar-refractivity contribution is -0.118. The third-order valence-electron chi connectivity index (χ3n) is 3.94. The molecule has 5 nitrogen and oxygen atoms in total. The van der Waals surface area contributed by atoms with Crippen molar-refractivity contribution in [1.82, 2.24) is 5.32 Å². The molecule has 2 rings (SSSR count). The van der Waals surface area contributed by atoms with Crippen molar-refractivity contribution in [2.24, 2.45) is 0 Å². The number of alkyl carbamates (subject to hydrolysis) is 1. The van der Waals surface area contributed by atoms with E-state index in [1.807, 2.05) is 12.1 Å². The van der Waals surface area contributed by atoms with Gasteiger partial charge in [-0.05, 0) is 50.3 Å². The maximum atomic E-state index is 12.5. The summed E-state index contributed by atoms with van der Waals surface area (Å²) >= 11 is 0. The van der Waals surface area contributed by atoms with Crippen LogP contribution in [0.2, 0.25) is 0 Å². The first-order chi connectivity index (χ1) is 11.0. The maximum Gasteiger partial charge on any atom is 0.408 e. The zero-order valence-electron chi connectivity index (χ0n) is 15.5. The lowest BCUT2D eigenvalue weighted by atomic mass is 9.87. The average molecular weight is 332 g/mol. The summed E-state index contributed by atoms with van der Waals surface area (Å²) in [5.74, 6) is -0.0932. The first-order valence-corrected chi connectivity index (χ1v) is 8.39. The van der Waals surface area contributed by atoms with E-state index >= 15 is 0 Å². The number of rotatable bonds is 2. The van der Waals surface area contributed by atoms with Crippen molar-refractivity contribution in [1.29, 1.82) is 0 Å². The van der Waals surface area contributed by atoms with Crippen LogP contribution in [0.1, 0.15) is 53.5 Å². The second kappa shape index (κ2) is 6.46. The largest absolute Gasteiger partial charge is 0.444 e. The molecule has 0 aromatic heterocycles. The standard InChI is InChI=1S/C19H28N2O3/c1-18(2,3)13-7-9-14(10-8-13)21-12-11-15(16(21)22)20-17(23)24-19(4,5)6/h7-10,15H,11-12H2,1-6H3,(H,20,23)/t15-/m0/s1. The number of anilines is 1. The van der Waals surface area contributed by atoms with Crippen molar-refractivity contribution < 1.29 is 14.3 Å². The first kappa shape index (κ1) is 18.3. The summed E-state index contributed by atoms with van der Waals surface area (Å²) in [6, 6.07) is 7.51. The van der Waals surface area contributed by atoms with Gasteiger partial charge in [-0.3, -0.25) is 4.79 Å². The normalized spacial score (nSPS) is 18.7. The second-order valence-electron chi connectivity index (χ2n) is 8.27. The molecule has 0 bridgehead atoms. The number of hydrogen-bond donors (Lipinski definition) is 1. The highest BCUT2D eigenvalue weighted by Gasteiger charge is 2.34. The summed E-state index contributed by atoms with van der Waals surface area (Å²) in [6.45, 7) is 12.5. The zero-order valence-corrected chi connectivity index (χ0v) is 15.5. The number of nitrogens with one attached hydrogen (secondary N) is 1. The van der Waals surface area contributed by atoms with Gasteiger partial charge < -0.3 is 15.0 Å². The molecule has 1 saturated heterocycles. The van der Waals surface area contributed by atoms with E-state index in [2.05, 4.69) is 38.2 Å². The van der Waals surface area contributed by atoms with E-state index in [1.54, 1.807) is 25.7 Å². The number of nitrogens with zero attached hydrogens (tertiary/aromatic N) is 1. The minimum Gasteiger partial charge on any atom is -0.444 e. The molecule has 0 aliphatic carbocycles. The van der Waals surface area contributed by atoms with Crippen molar-refractivity contribution in [2.75, 3.05) is 11.4 Å². The Bertz CT molecular complexity index is 609. The molecule has 0 spiro atoms. The molecule has 1 N–H and O–H groups in total. The van der Waals surface area contributed by atoms with Gasteiger partial charge in [0.25, 0.3) is 0 Å². The summed E-state index contributed by atoms with van der Waals surface area (Å²) < 4.78 is 5.22. The predicted octanol–water partition coefficient (Wildman–Crippen LogP) is 3.61. The van der Waals surface area contributed by atoms with Crippen LogP contribution in [0, 0.1) is 0 Å². The van der Waals surface area contributed by atoms with Gasteiger partial charge in [0.1, 0.15) is 11.6 Å². The highest BCUT2D eigenvalue weighted by Crippen LogP contribution is 2.27. The molecule has 1 atom stereocenters. The minimum atomic E-state index is -0.575. The Hall–Kier alpha value is -2.04. The smallest absolute Gasteiger partial charge is 0.408 e. The van der Waals surface area contributed by atoms with Gasteiger partial charge in [-0.2, -0.15) is 0 Å². The van der Waals surface area contributed by atoms with E-state index in [1.165, 1.54) is 5.56 Å². The van der Waals surface area contributed by atoms with Crippen LogP contribution in [0.4, 0.5) is 10.5 Å². The first-order valence-electron chi connectivity index (χ1n) is 8.39. The summed E-state index contributed by atoms with van der Waals surface area (Å²) in [5.41, 5.74) is 1.59. The molecule has 1 heterocycles. The Labute approximate surface area is 144 Å². The molecule has 1 fully saturated rings. The van der Waals surface area contributed by atoms with E-state index in [9.17, 15) is 9.59 Å². The van der Waals surface area contributed by atoms with E-state index in [0.717, 1.165) is 5.69 Å². The number of carbonyl (C=O) groups is 2. The van der Waals surface area contributed by atoms with Crippen molar-refractivity contribution in [3.8, 4) is 0 Å². The van der Waals surface area contributed by atoms with Gasteiger partial charge in [-0.15, -0.1) is 0 Å². The molecular weight excluding hydrogens is 304 g/mol. The Morgan fingerprint density at radius 3 is 2.21 bits per heavy atom. The Morgan fingerprint density at radius 2 is 1.71 bits per heavy atom. The number of hydrogen-bond acceptors (Lipinski definition) is 3. The molecule has 0 saturated carbocycles. The van der Waals surface area contributed by atoms with Crippen LogP contribution in [0.5, 0.6) is 0 Å². The van der Waals surface area contributed by atoms with Gasteiger partial charge in [0.2, 0.25) is 5.91 Å². The van der Waals surface area contributed by atoms with Crippen LogP contribution in [0.15, 0.2) is 24.3 Å². The van der Waals surface area contributed by atoms with E-state index in [-0.39, 0.29) is 11.3 Å². The maximum absolute atomic E-state index is 12.5. The van der Waals surface area contributed by atoms with Gasteiger partial charge in [0.15, 0.2) is 0 Å². The molecule has 0 radical (unpaired) electrons. The van der Waals surface area contributed by atoms with Gasteiger partial charge >= 0.3 is 6.09 Å². The van der Waals surface area contributed by atoms with Gasteiger partial charge in [0, 0.05) is 12.2 Å². The van der Waals surface area contributed by atoms with Crippen molar-refractivity contribution in [3.05, 3.63) is 29.8 Å². The van der Waals surface area contributed by atoms with Crippen LogP contribution in [0.25, 0.3) is 0 Å². The van der Waals surface area contributed by atoms with Crippen LogP contribution >= 0.6 is 0 Å². The van der Waals surface area contributed by atoms with Crippen molar-refractivity contribution in [3.63, 3.8) is 0 Å². The fourth-order valence-electron chi connectivity index (χ4n) is 2.66. The molecule has 0 unspecified atom stereocenters. The Balaban J connectivity index is 2.02. The highest BCUT2D eigenvalue weighted by molar-refractivity contribution is 6.00. The molecule has 1 aliphatic rings. The van der Waals surface area contributed by atoms with E-state index < -0.39 is 17.7 Å². The van der Waals surface area contributed by atoms with Gasteiger partial charge in [-0.25, -0.2) is 4.79 Å². The SMILES string of the molecule is CC(C)(C)OC(=O)N[C@H]1CCN(c2ccc(C(C)(C)C)cc2)C1=O. The molecule has 2 amide bonds. The monoisotopic (exact) mass is 332 g/mol. The number of benzene rings is 1. The minimum absolute atomic E-state index is 0.0777. The molecular formula is C19H28N2O3. The fraction of sp³-hybridized carbons (Fsp3) is 0.579. The lowest BCUT2D eigenvalue weighted by Gasteiger charge is -2.23. The topological polar surface area (TPSA) is 58.6 Å². The van der Waals surface area contributed by atoms with Gasteiger partial charge in [-0.1, -0.05) is 32.9 Å². The summed E-state index contributed by atoms with van der Waals surface area (Å²) in [6.07, 6.45) is 0.0322. The van der Waals surface area contributed by atoms with Gasteiger partial charge in [0.05, 0.1) is 0 Å². The number of carbonyl (C=O) groups excluding carboxylic acids is 2. The molecule has 1 aliphatic heterocycles. The number of ether oxygens (including phenoxy) is 1. The van der Waals surface area contributed by atoms with Crippen LogP contribution in [-0.4, -0.2) is 30.2 Å². The van der Waals surface area contributed by atoms with Crippen LogP contribution < -0.4 is 10.2 Å². The zero-order chi connectivity index (χ0) is 18.1. The van der Waals surface area contributed by atoms with Crippen molar-refractivity contribution in [2.45, 2.75) is 65.0 Å². The predicted molar refractivity (Wildman–Crippen MR) is 95.3 cm³/mol. The fourth-order valence-corrected chi connectivity index (χ4v) is 2.66. The Morgan fingerprint density at radius 1 is 1.12 bits per heavy atom. The Kier molecular flexibility index (Phi) is 4.92. The van der Waals surface area contributed by atoms with E-state index in [4.69, 9.17) is 4.74 Å². The summed E-state index contributed by atoms with van der Waals surface area (Å²) in [4.78, 5) is 26.1. The quantitative estimate of drug-likeness (QED) is 0.900. The summed E-state index contributed by atoms with van der Waals surface area (Å²) in [7, 11) is 0.